The van der Waals surface area contributed by atoms with Crippen LogP contribution in [-0.4, -0.2) is 49.3 Å². The van der Waals surface area contributed by atoms with Crippen LogP contribution in [0.5, 0.6) is 0 Å². The van der Waals surface area contributed by atoms with Crippen LogP contribution in [-0.2, 0) is 20.9 Å². The number of hydrogen-bond acceptors (Lipinski definition) is 5. The molecule has 1 saturated heterocycles. The highest BCUT2D eigenvalue weighted by Gasteiger charge is 2.16. The topological polar surface area (TPSA) is 105 Å². The predicted molar refractivity (Wildman–Crippen MR) is 86.2 cm³/mol. The lowest BCUT2D eigenvalue weighted by molar-refractivity contribution is -0.138. The molecule has 1 heterocycles. The van der Waals surface area contributed by atoms with E-state index < -0.39 is 12.0 Å². The summed E-state index contributed by atoms with van der Waals surface area (Å²) in [5, 5.41) is 11.5. The quantitative estimate of drug-likeness (QED) is 0.668. The van der Waals surface area contributed by atoms with E-state index in [1.165, 1.54) is 0 Å². The molecule has 0 saturated carbocycles. The van der Waals surface area contributed by atoms with Gasteiger partial charge in [0.05, 0.1) is 13.2 Å². The molecule has 126 valence electrons. The fraction of sp³-hybridized carbons (Fsp3) is 0.500. The van der Waals surface area contributed by atoms with Gasteiger partial charge in [-0.3, -0.25) is 9.59 Å². The van der Waals surface area contributed by atoms with E-state index in [0.717, 1.165) is 24.3 Å². The third kappa shape index (κ3) is 5.22. The Balaban J connectivity index is 1.87. The highest BCUT2D eigenvalue weighted by Crippen LogP contribution is 2.21. The van der Waals surface area contributed by atoms with Crippen LogP contribution in [0.25, 0.3) is 0 Å². The van der Waals surface area contributed by atoms with Gasteiger partial charge in [0.1, 0.15) is 6.04 Å². The van der Waals surface area contributed by atoms with Crippen LogP contribution in [0.4, 0.5) is 5.69 Å². The number of nitrogens with zero attached hydrogens (tertiary/aromatic N) is 1. The molecule has 0 aromatic heterocycles. The lowest BCUT2D eigenvalue weighted by Gasteiger charge is -2.30. The lowest BCUT2D eigenvalue weighted by Crippen LogP contribution is -2.37. The summed E-state index contributed by atoms with van der Waals surface area (Å²) in [6.07, 6.45) is 0.236. The van der Waals surface area contributed by atoms with Crippen LogP contribution in [0.2, 0.25) is 0 Å². The van der Waals surface area contributed by atoms with Crippen LogP contribution in [0, 0.1) is 0 Å². The van der Waals surface area contributed by atoms with Gasteiger partial charge in [-0.25, -0.2) is 0 Å². The molecule has 1 aromatic carbocycles. The summed E-state index contributed by atoms with van der Waals surface area (Å²) in [6, 6.07) is 6.93. The molecule has 4 N–H and O–H groups in total. The Morgan fingerprint density at radius 2 is 2.00 bits per heavy atom. The van der Waals surface area contributed by atoms with Crippen molar-refractivity contribution in [2.75, 3.05) is 31.2 Å². The first-order valence-electron chi connectivity index (χ1n) is 7.73. The highest BCUT2D eigenvalue weighted by molar-refractivity contribution is 5.78. The van der Waals surface area contributed by atoms with Crippen molar-refractivity contribution in [2.45, 2.75) is 25.4 Å². The van der Waals surface area contributed by atoms with E-state index in [2.05, 4.69) is 10.2 Å². The van der Waals surface area contributed by atoms with Gasteiger partial charge in [0.25, 0.3) is 0 Å². The Kier molecular flexibility index (Phi) is 6.37. The highest BCUT2D eigenvalue weighted by atomic mass is 16.5. The fourth-order valence-corrected chi connectivity index (χ4v) is 2.47. The van der Waals surface area contributed by atoms with Crippen molar-refractivity contribution in [3.8, 4) is 0 Å². The van der Waals surface area contributed by atoms with Gasteiger partial charge >= 0.3 is 5.97 Å². The number of hydrogen-bond donors (Lipinski definition) is 3. The molecular formula is C16H23N3O4. The second kappa shape index (κ2) is 8.50. The Bertz CT molecular complexity index is 544. The molecule has 1 fully saturated rings. The summed E-state index contributed by atoms with van der Waals surface area (Å²) in [7, 11) is 0. The number of carbonyl (C=O) groups is 2. The summed E-state index contributed by atoms with van der Waals surface area (Å²) in [4.78, 5) is 24.7. The van der Waals surface area contributed by atoms with Crippen molar-refractivity contribution < 1.29 is 19.4 Å². The van der Waals surface area contributed by atoms with Gasteiger partial charge in [-0.1, -0.05) is 18.2 Å². The molecule has 1 amide bonds. The zero-order chi connectivity index (χ0) is 16.7. The standard InChI is InChI=1S/C16H23N3O4/c17-13(16(21)22)5-6-15(20)18-11-12-3-1-2-4-14(12)19-7-9-23-10-8-19/h1-4,13H,5-11,17H2,(H,18,20)(H,21,22)/t13-/m0/s1. The van der Waals surface area contributed by atoms with Gasteiger partial charge in [0, 0.05) is 31.7 Å². The first kappa shape index (κ1) is 17.2. The monoisotopic (exact) mass is 321 g/mol. The molecule has 1 atom stereocenters. The van der Waals surface area contributed by atoms with E-state index in [0.29, 0.717) is 19.8 Å². The number of para-hydroxylation sites is 1. The van der Waals surface area contributed by atoms with Crippen LogP contribution in [0.1, 0.15) is 18.4 Å². The molecule has 0 radical (unpaired) electrons. The first-order chi connectivity index (χ1) is 11.1. The summed E-state index contributed by atoms with van der Waals surface area (Å²) < 4.78 is 5.36. The molecule has 7 nitrogen and oxygen atoms in total. The smallest absolute Gasteiger partial charge is 0.320 e. The van der Waals surface area contributed by atoms with Crippen molar-refractivity contribution in [1.82, 2.24) is 5.32 Å². The maximum Gasteiger partial charge on any atom is 0.320 e. The average Bonchev–Trinajstić information content (AvgIpc) is 2.58. The summed E-state index contributed by atoms with van der Waals surface area (Å²) in [5.74, 6) is -1.28. The average molecular weight is 321 g/mol. The molecule has 0 unspecified atom stereocenters. The van der Waals surface area contributed by atoms with E-state index in [-0.39, 0.29) is 18.7 Å². The second-order valence-corrected chi connectivity index (χ2v) is 5.49. The number of carbonyl (C=O) groups excluding carboxylic acids is 1. The van der Waals surface area contributed by atoms with E-state index in [9.17, 15) is 9.59 Å². The number of amides is 1. The van der Waals surface area contributed by atoms with E-state index >= 15 is 0 Å². The molecule has 0 aliphatic carbocycles. The Morgan fingerprint density at radius 3 is 2.70 bits per heavy atom. The molecule has 0 spiro atoms. The van der Waals surface area contributed by atoms with Crippen LogP contribution >= 0.6 is 0 Å². The first-order valence-corrected chi connectivity index (χ1v) is 7.73. The maximum absolute atomic E-state index is 11.8. The molecule has 7 heteroatoms. The minimum absolute atomic E-state index is 0.104. The van der Waals surface area contributed by atoms with E-state index in [1.807, 2.05) is 24.3 Å². The summed E-state index contributed by atoms with van der Waals surface area (Å²) in [5.41, 5.74) is 7.52. The van der Waals surface area contributed by atoms with Gasteiger partial charge in [-0.2, -0.15) is 0 Å². The van der Waals surface area contributed by atoms with Crippen molar-refractivity contribution in [3.05, 3.63) is 29.8 Å². The molecule has 2 rings (SSSR count). The number of aliphatic carboxylic acids is 1. The molecular weight excluding hydrogens is 298 g/mol. The lowest BCUT2D eigenvalue weighted by atomic mass is 10.1. The normalized spacial score (nSPS) is 16.0. The summed E-state index contributed by atoms with van der Waals surface area (Å²) in [6.45, 7) is 3.48. The number of nitrogens with one attached hydrogen (secondary N) is 1. The van der Waals surface area contributed by atoms with E-state index in [1.54, 1.807) is 0 Å². The summed E-state index contributed by atoms with van der Waals surface area (Å²) >= 11 is 0. The number of benzene rings is 1. The Morgan fingerprint density at radius 1 is 1.30 bits per heavy atom. The van der Waals surface area contributed by atoms with Gasteiger partial charge in [-0.05, 0) is 18.1 Å². The van der Waals surface area contributed by atoms with E-state index in [4.69, 9.17) is 15.6 Å². The zero-order valence-corrected chi connectivity index (χ0v) is 13.0. The second-order valence-electron chi connectivity index (χ2n) is 5.49. The minimum Gasteiger partial charge on any atom is -0.480 e. The number of rotatable bonds is 7. The molecule has 1 aliphatic rings. The largest absolute Gasteiger partial charge is 0.480 e. The molecule has 23 heavy (non-hydrogen) atoms. The van der Waals surface area contributed by atoms with Gasteiger partial charge in [-0.15, -0.1) is 0 Å². The number of morpholine rings is 1. The van der Waals surface area contributed by atoms with Crippen molar-refractivity contribution in [3.63, 3.8) is 0 Å². The fourth-order valence-electron chi connectivity index (χ4n) is 2.47. The number of anilines is 1. The molecule has 0 bridgehead atoms. The van der Waals surface area contributed by atoms with Gasteiger partial charge in [0.15, 0.2) is 0 Å². The van der Waals surface area contributed by atoms with Crippen molar-refractivity contribution in [2.24, 2.45) is 5.73 Å². The number of carboxylic acid groups (broad SMARTS) is 1. The predicted octanol–water partition coefficient (Wildman–Crippen LogP) is 0.332. The van der Waals surface area contributed by atoms with Crippen LogP contribution in [0.15, 0.2) is 24.3 Å². The van der Waals surface area contributed by atoms with Crippen LogP contribution < -0.4 is 16.0 Å². The number of nitrogens with two attached hydrogens (primary N) is 1. The Hall–Kier alpha value is -2.12. The molecule has 1 aliphatic heterocycles. The Labute approximate surface area is 135 Å². The number of carboxylic acids is 1. The van der Waals surface area contributed by atoms with Crippen molar-refractivity contribution in [1.29, 1.82) is 0 Å². The SMILES string of the molecule is N[C@@H](CCC(=O)NCc1ccccc1N1CCOCC1)C(=O)O. The van der Waals surface area contributed by atoms with Gasteiger partial charge < -0.3 is 25.8 Å². The van der Waals surface area contributed by atoms with Gasteiger partial charge in [0.2, 0.25) is 5.91 Å². The number of ether oxygens (including phenoxy) is 1. The third-order valence-electron chi connectivity index (χ3n) is 3.82. The maximum atomic E-state index is 11.8. The third-order valence-corrected chi connectivity index (χ3v) is 3.82. The zero-order valence-electron chi connectivity index (χ0n) is 13.0. The van der Waals surface area contributed by atoms with Crippen molar-refractivity contribution >= 4 is 17.6 Å². The minimum atomic E-state index is -1.09. The molecule has 1 aromatic rings. The van der Waals surface area contributed by atoms with Crippen LogP contribution in [0.3, 0.4) is 0 Å².